The predicted octanol–water partition coefficient (Wildman–Crippen LogP) is 1.64. The minimum absolute atomic E-state index is 0.00354. The van der Waals surface area contributed by atoms with Crippen LogP contribution in [0, 0.1) is 0 Å². The highest BCUT2D eigenvalue weighted by atomic mass is 32.2. The van der Waals surface area contributed by atoms with E-state index in [1.165, 1.54) is 4.31 Å². The second-order valence-corrected chi connectivity index (χ2v) is 10.3. The Morgan fingerprint density at radius 2 is 1.82 bits per heavy atom. The molecule has 1 aromatic carbocycles. The fourth-order valence-corrected chi connectivity index (χ4v) is 6.26. The SMILES string of the molecule is C=C(/N=C\C(=C/C)c1ccc(OC)cc1)N1CCN(S(=O)(=O)C2(C(=O)NO)CCOCC2)CC1. The summed E-state index contributed by atoms with van der Waals surface area (Å²) in [5.41, 5.74) is 3.45. The van der Waals surface area contributed by atoms with Gasteiger partial charge in [0, 0.05) is 58.4 Å². The van der Waals surface area contributed by atoms with Crippen molar-refractivity contribution >= 4 is 27.7 Å². The number of aliphatic imine (C=N–C) groups is 1. The van der Waals surface area contributed by atoms with Crippen LogP contribution in [0.5, 0.6) is 5.75 Å². The summed E-state index contributed by atoms with van der Waals surface area (Å²) in [6.45, 7) is 7.38. The molecule has 11 heteroatoms. The maximum atomic E-state index is 13.4. The zero-order valence-corrected chi connectivity index (χ0v) is 20.4. The number of nitrogens with zero attached hydrogens (tertiary/aromatic N) is 3. The first-order chi connectivity index (χ1) is 16.3. The van der Waals surface area contributed by atoms with Gasteiger partial charge in [-0.3, -0.25) is 10.0 Å². The lowest BCUT2D eigenvalue weighted by Gasteiger charge is -2.41. The number of hydroxylamine groups is 1. The predicted molar refractivity (Wildman–Crippen MR) is 129 cm³/mol. The Balaban J connectivity index is 1.65. The smallest absolute Gasteiger partial charge is 0.266 e. The van der Waals surface area contributed by atoms with E-state index in [9.17, 15) is 18.4 Å². The monoisotopic (exact) mass is 492 g/mol. The first-order valence-corrected chi connectivity index (χ1v) is 12.5. The van der Waals surface area contributed by atoms with Gasteiger partial charge in [-0.25, -0.2) is 18.9 Å². The van der Waals surface area contributed by atoms with Gasteiger partial charge in [0.2, 0.25) is 10.0 Å². The molecule has 0 unspecified atom stereocenters. The van der Waals surface area contributed by atoms with Crippen molar-refractivity contribution in [1.29, 1.82) is 0 Å². The minimum atomic E-state index is -4.01. The van der Waals surface area contributed by atoms with Gasteiger partial charge in [-0.15, -0.1) is 0 Å². The van der Waals surface area contributed by atoms with Crippen molar-refractivity contribution in [3.05, 3.63) is 48.3 Å². The van der Waals surface area contributed by atoms with E-state index < -0.39 is 20.7 Å². The molecule has 186 valence electrons. The molecule has 34 heavy (non-hydrogen) atoms. The summed E-state index contributed by atoms with van der Waals surface area (Å²) in [6, 6.07) is 7.65. The average Bonchev–Trinajstić information content (AvgIpc) is 2.89. The second kappa shape index (κ2) is 11.1. The molecule has 1 aromatic rings. The summed E-state index contributed by atoms with van der Waals surface area (Å²) < 4.78 is 36.9. The van der Waals surface area contributed by atoms with Gasteiger partial charge >= 0.3 is 0 Å². The molecular weight excluding hydrogens is 460 g/mol. The van der Waals surface area contributed by atoms with Gasteiger partial charge in [0.05, 0.1) is 7.11 Å². The largest absolute Gasteiger partial charge is 0.497 e. The van der Waals surface area contributed by atoms with Gasteiger partial charge in [-0.2, -0.15) is 4.31 Å². The zero-order chi connectivity index (χ0) is 24.8. The summed E-state index contributed by atoms with van der Waals surface area (Å²) in [5.74, 6) is 0.385. The van der Waals surface area contributed by atoms with E-state index in [0.29, 0.717) is 18.9 Å². The number of methoxy groups -OCH3 is 1. The lowest BCUT2D eigenvalue weighted by molar-refractivity contribution is -0.134. The molecule has 0 aromatic heterocycles. The van der Waals surface area contributed by atoms with Gasteiger partial charge in [0.25, 0.3) is 5.91 Å². The number of ether oxygens (including phenoxy) is 2. The van der Waals surface area contributed by atoms with Crippen molar-refractivity contribution in [2.75, 3.05) is 46.5 Å². The van der Waals surface area contributed by atoms with E-state index >= 15 is 0 Å². The molecule has 3 rings (SSSR count). The second-order valence-electron chi connectivity index (χ2n) is 8.09. The summed E-state index contributed by atoms with van der Waals surface area (Å²) in [4.78, 5) is 18.8. The standard InChI is InChI=1S/C23H32N4O6S/c1-4-19(20-5-7-21(32-3)8-6-20)17-24-18(2)26-11-13-27(14-12-26)34(30,31)23(22(28)25-29)9-15-33-16-10-23/h4-8,17,29H,2,9-16H2,1,3H3,(H,25,28)/b19-4+,24-17-. The molecule has 1 amide bonds. The lowest BCUT2D eigenvalue weighted by Crippen LogP contribution is -2.61. The molecule has 0 radical (unpaired) electrons. The van der Waals surface area contributed by atoms with E-state index in [-0.39, 0.29) is 39.1 Å². The Hall–Kier alpha value is -2.73. The number of sulfonamides is 1. The van der Waals surface area contributed by atoms with Crippen LogP contribution < -0.4 is 10.2 Å². The molecule has 0 spiro atoms. The number of carbonyl (C=O) groups is 1. The molecule has 2 fully saturated rings. The molecule has 0 saturated carbocycles. The van der Waals surface area contributed by atoms with Crippen molar-refractivity contribution in [3.8, 4) is 5.75 Å². The number of allylic oxidation sites excluding steroid dienone is 2. The highest BCUT2D eigenvalue weighted by Crippen LogP contribution is 2.33. The van der Waals surface area contributed by atoms with Crippen molar-refractivity contribution < 1.29 is 27.9 Å². The maximum Gasteiger partial charge on any atom is 0.266 e. The molecule has 0 atom stereocenters. The van der Waals surface area contributed by atoms with E-state index in [0.717, 1.165) is 16.9 Å². The van der Waals surface area contributed by atoms with Crippen LogP contribution >= 0.6 is 0 Å². The Bertz CT molecular complexity index is 1040. The first-order valence-electron chi connectivity index (χ1n) is 11.1. The minimum Gasteiger partial charge on any atom is -0.497 e. The van der Waals surface area contributed by atoms with Crippen molar-refractivity contribution in [2.45, 2.75) is 24.5 Å². The van der Waals surface area contributed by atoms with Crippen molar-refractivity contribution in [1.82, 2.24) is 14.7 Å². The maximum absolute atomic E-state index is 13.4. The normalized spacial score (nSPS) is 19.7. The highest BCUT2D eigenvalue weighted by Gasteiger charge is 2.54. The summed E-state index contributed by atoms with van der Waals surface area (Å²) in [7, 11) is -2.39. The van der Waals surface area contributed by atoms with Crippen LogP contribution in [0.3, 0.4) is 0 Å². The first kappa shape index (κ1) is 25.9. The molecule has 2 aliphatic heterocycles. The average molecular weight is 493 g/mol. The number of benzene rings is 1. The van der Waals surface area contributed by atoms with E-state index in [1.54, 1.807) is 18.8 Å². The van der Waals surface area contributed by atoms with Gasteiger partial charge < -0.3 is 14.4 Å². The number of hydrogen-bond acceptors (Lipinski definition) is 8. The van der Waals surface area contributed by atoms with Crippen molar-refractivity contribution in [3.63, 3.8) is 0 Å². The van der Waals surface area contributed by atoms with E-state index in [2.05, 4.69) is 11.6 Å². The van der Waals surface area contributed by atoms with Gasteiger partial charge in [0.1, 0.15) is 11.6 Å². The van der Waals surface area contributed by atoms with Gasteiger partial charge in [0.15, 0.2) is 4.75 Å². The van der Waals surface area contributed by atoms with Crippen molar-refractivity contribution in [2.24, 2.45) is 4.99 Å². The van der Waals surface area contributed by atoms with E-state index in [1.807, 2.05) is 42.2 Å². The number of amides is 1. The number of carbonyl (C=O) groups excluding carboxylic acids is 1. The topological polar surface area (TPSA) is 121 Å². The zero-order valence-electron chi connectivity index (χ0n) is 19.6. The van der Waals surface area contributed by atoms with Crippen LogP contribution in [-0.2, 0) is 19.6 Å². The molecule has 2 N–H and O–H groups in total. The summed E-state index contributed by atoms with van der Waals surface area (Å²) in [5, 5.41) is 9.19. The Morgan fingerprint density at radius 3 is 2.35 bits per heavy atom. The molecule has 2 aliphatic rings. The number of piperazine rings is 1. The van der Waals surface area contributed by atoms with Crippen LogP contribution in [0.2, 0.25) is 0 Å². The third-order valence-electron chi connectivity index (χ3n) is 6.34. The fraction of sp³-hybridized carbons (Fsp3) is 0.478. The number of hydrogen-bond donors (Lipinski definition) is 2. The van der Waals surface area contributed by atoms with Crippen LogP contribution in [-0.4, -0.2) is 86.2 Å². The summed E-state index contributed by atoms with van der Waals surface area (Å²) >= 11 is 0. The fourth-order valence-electron chi connectivity index (χ4n) is 4.16. The quantitative estimate of drug-likeness (QED) is 0.322. The third-order valence-corrected chi connectivity index (χ3v) is 8.97. The lowest BCUT2D eigenvalue weighted by atomic mass is 9.98. The molecule has 0 aliphatic carbocycles. The highest BCUT2D eigenvalue weighted by molar-refractivity contribution is 7.91. The third kappa shape index (κ3) is 5.17. The van der Waals surface area contributed by atoms with Crippen LogP contribution in [0.1, 0.15) is 25.3 Å². The molecule has 2 saturated heterocycles. The van der Waals surface area contributed by atoms with Crippen LogP contribution in [0.15, 0.2) is 47.7 Å². The molecule has 2 heterocycles. The summed E-state index contributed by atoms with van der Waals surface area (Å²) in [6.07, 6.45) is 3.67. The Kier molecular flexibility index (Phi) is 8.47. The molecule has 0 bridgehead atoms. The molecular formula is C23H32N4O6S. The van der Waals surface area contributed by atoms with Gasteiger partial charge in [-0.05, 0) is 30.2 Å². The number of nitrogens with one attached hydrogen (secondary N) is 1. The Morgan fingerprint density at radius 1 is 1.21 bits per heavy atom. The number of rotatable bonds is 8. The van der Waals surface area contributed by atoms with Gasteiger partial charge in [-0.1, -0.05) is 24.8 Å². The molecule has 10 nitrogen and oxygen atoms in total. The van der Waals surface area contributed by atoms with Crippen LogP contribution in [0.4, 0.5) is 0 Å². The van der Waals surface area contributed by atoms with Crippen LogP contribution in [0.25, 0.3) is 5.57 Å². The Labute approximate surface area is 200 Å². The van der Waals surface area contributed by atoms with E-state index in [4.69, 9.17) is 9.47 Å².